The normalized spacial score (nSPS) is 10.8. The molecule has 0 aliphatic heterocycles. The van der Waals surface area contributed by atoms with Crippen LogP contribution in [-0.2, 0) is 0 Å². The molecule has 126 valence electrons. The van der Waals surface area contributed by atoms with E-state index in [0.29, 0.717) is 33.5 Å². The number of nitrogens with zero attached hydrogens (tertiary/aromatic N) is 3. The van der Waals surface area contributed by atoms with Crippen molar-refractivity contribution in [3.8, 4) is 22.6 Å². The maximum Gasteiger partial charge on any atom is 0.295 e. The number of fused-ring (bicyclic) bond motifs is 1. The van der Waals surface area contributed by atoms with Gasteiger partial charge in [0.05, 0.1) is 15.8 Å². The van der Waals surface area contributed by atoms with Crippen LogP contribution in [0.1, 0.15) is 0 Å². The molecule has 2 heterocycles. The molecule has 2 aromatic heterocycles. The van der Waals surface area contributed by atoms with Gasteiger partial charge in [-0.15, -0.1) is 0 Å². The Balaban J connectivity index is 1.78. The van der Waals surface area contributed by atoms with Gasteiger partial charge in [-0.25, -0.2) is 9.97 Å². The molecule has 1 N–H and O–H groups in total. The first-order valence-electron chi connectivity index (χ1n) is 7.83. The van der Waals surface area contributed by atoms with Crippen LogP contribution in [0.2, 0.25) is 0 Å². The minimum Gasteiger partial charge on any atom is -0.306 e. The van der Waals surface area contributed by atoms with Crippen LogP contribution in [0.3, 0.4) is 0 Å². The van der Waals surface area contributed by atoms with Gasteiger partial charge in [0.15, 0.2) is 0 Å². The van der Waals surface area contributed by atoms with Crippen LogP contribution in [0.25, 0.3) is 33.5 Å². The third kappa shape index (κ3) is 2.71. The van der Waals surface area contributed by atoms with Crippen LogP contribution in [0.5, 0.6) is 0 Å². The molecule has 0 bridgehead atoms. The average Bonchev–Trinajstić information content (AvgIpc) is 2.68. The van der Waals surface area contributed by atoms with Crippen LogP contribution >= 0.6 is 0 Å². The van der Waals surface area contributed by atoms with E-state index in [2.05, 4.69) is 15.0 Å². The van der Waals surface area contributed by atoms with Gasteiger partial charge in [0.1, 0.15) is 11.5 Å². The Kier molecular flexibility index (Phi) is 3.74. The molecule has 0 saturated carbocycles. The van der Waals surface area contributed by atoms with Gasteiger partial charge in [-0.3, -0.25) is 14.9 Å². The maximum absolute atomic E-state index is 12.2. The fourth-order valence-electron chi connectivity index (χ4n) is 2.78. The largest absolute Gasteiger partial charge is 0.306 e. The molecule has 0 spiro atoms. The molecule has 4 aromatic rings. The van der Waals surface area contributed by atoms with Gasteiger partial charge in [-0.05, 0) is 18.2 Å². The predicted octanol–water partition coefficient (Wildman–Crippen LogP) is 3.56. The molecule has 0 fully saturated rings. The molecule has 0 atom stereocenters. The SMILES string of the molecule is O=c1[nH]c(-c2ccc(-c3ncccc3[N+](=O)[O-])cc2)nc2ccccc12. The molecule has 0 amide bonds. The van der Waals surface area contributed by atoms with Crippen LogP contribution in [0.4, 0.5) is 5.69 Å². The number of hydrogen-bond donors (Lipinski definition) is 1. The van der Waals surface area contributed by atoms with Crippen molar-refractivity contribution in [2.45, 2.75) is 0 Å². The first-order chi connectivity index (χ1) is 12.6. The second kappa shape index (κ2) is 6.21. The van der Waals surface area contributed by atoms with E-state index in [4.69, 9.17) is 0 Å². The molecule has 4 rings (SSSR count). The highest BCUT2D eigenvalue weighted by Gasteiger charge is 2.16. The molecule has 0 aliphatic rings. The molecule has 7 nitrogen and oxygen atoms in total. The van der Waals surface area contributed by atoms with Crippen LogP contribution in [0, 0.1) is 10.1 Å². The fraction of sp³-hybridized carbons (Fsp3) is 0. The zero-order valence-corrected chi connectivity index (χ0v) is 13.4. The summed E-state index contributed by atoms with van der Waals surface area (Å²) in [4.78, 5) is 34.3. The Morgan fingerprint density at radius 3 is 2.42 bits per heavy atom. The van der Waals surface area contributed by atoms with Gasteiger partial charge in [0.25, 0.3) is 11.2 Å². The molecule has 0 radical (unpaired) electrons. The van der Waals surface area contributed by atoms with E-state index in [1.807, 2.05) is 6.07 Å². The second-order valence-electron chi connectivity index (χ2n) is 5.64. The molecule has 0 aliphatic carbocycles. The Morgan fingerprint density at radius 2 is 1.65 bits per heavy atom. The third-order valence-corrected chi connectivity index (χ3v) is 4.03. The summed E-state index contributed by atoms with van der Waals surface area (Å²) in [6.07, 6.45) is 1.51. The van der Waals surface area contributed by atoms with Gasteiger partial charge in [-0.2, -0.15) is 0 Å². The fourth-order valence-corrected chi connectivity index (χ4v) is 2.78. The maximum atomic E-state index is 12.2. The van der Waals surface area contributed by atoms with Crippen molar-refractivity contribution in [2.75, 3.05) is 0 Å². The van der Waals surface area contributed by atoms with E-state index in [1.165, 1.54) is 18.3 Å². The van der Waals surface area contributed by atoms with Crippen molar-refractivity contribution in [2.24, 2.45) is 0 Å². The Bertz CT molecular complexity index is 1180. The van der Waals surface area contributed by atoms with E-state index in [9.17, 15) is 14.9 Å². The van der Waals surface area contributed by atoms with Gasteiger partial charge in [-0.1, -0.05) is 36.4 Å². The minimum absolute atomic E-state index is 0.0579. The number of nitro groups is 1. The highest BCUT2D eigenvalue weighted by molar-refractivity contribution is 5.79. The summed E-state index contributed by atoms with van der Waals surface area (Å²) in [6, 6.07) is 17.0. The first kappa shape index (κ1) is 15.6. The third-order valence-electron chi connectivity index (χ3n) is 4.03. The number of aromatic amines is 1. The number of hydrogen-bond acceptors (Lipinski definition) is 5. The predicted molar refractivity (Wildman–Crippen MR) is 97.7 cm³/mol. The summed E-state index contributed by atoms with van der Waals surface area (Å²) >= 11 is 0. The number of nitrogens with one attached hydrogen (secondary N) is 1. The van der Waals surface area contributed by atoms with Crippen molar-refractivity contribution >= 4 is 16.6 Å². The minimum atomic E-state index is -0.460. The lowest BCUT2D eigenvalue weighted by molar-refractivity contribution is -0.384. The molecular weight excluding hydrogens is 332 g/mol. The number of para-hydroxylation sites is 1. The summed E-state index contributed by atoms with van der Waals surface area (Å²) in [5.74, 6) is 0.441. The lowest BCUT2D eigenvalue weighted by Gasteiger charge is -2.05. The highest BCUT2D eigenvalue weighted by atomic mass is 16.6. The average molecular weight is 344 g/mol. The van der Waals surface area contributed by atoms with Gasteiger partial charge >= 0.3 is 0 Å². The van der Waals surface area contributed by atoms with Crippen LogP contribution < -0.4 is 5.56 Å². The molecule has 26 heavy (non-hydrogen) atoms. The standard InChI is InChI=1S/C19H12N4O3/c24-19-14-4-1-2-5-15(14)21-18(22-19)13-9-7-12(8-10-13)17-16(23(25)26)6-3-11-20-17/h1-11H,(H,21,22,24). The van der Waals surface area contributed by atoms with Crippen molar-refractivity contribution in [1.82, 2.24) is 15.0 Å². The quantitative estimate of drug-likeness (QED) is 0.452. The van der Waals surface area contributed by atoms with Gasteiger partial charge < -0.3 is 4.98 Å². The number of rotatable bonds is 3. The van der Waals surface area contributed by atoms with Crippen molar-refractivity contribution < 1.29 is 4.92 Å². The highest BCUT2D eigenvalue weighted by Crippen LogP contribution is 2.28. The topological polar surface area (TPSA) is 102 Å². The monoisotopic (exact) mass is 344 g/mol. The van der Waals surface area contributed by atoms with E-state index in [1.54, 1.807) is 42.5 Å². The summed E-state index contributed by atoms with van der Waals surface area (Å²) in [5.41, 5.74) is 1.95. The molecule has 7 heteroatoms. The number of pyridine rings is 1. The Morgan fingerprint density at radius 1 is 0.923 bits per heavy atom. The van der Waals surface area contributed by atoms with Gasteiger partial charge in [0, 0.05) is 23.4 Å². The summed E-state index contributed by atoms with van der Waals surface area (Å²) in [7, 11) is 0. The summed E-state index contributed by atoms with van der Waals surface area (Å²) in [5, 5.41) is 11.7. The number of aromatic nitrogens is 3. The summed E-state index contributed by atoms with van der Waals surface area (Å²) < 4.78 is 0. The van der Waals surface area contributed by atoms with Crippen LogP contribution in [0.15, 0.2) is 71.7 Å². The van der Waals surface area contributed by atoms with E-state index in [-0.39, 0.29) is 11.2 Å². The van der Waals surface area contributed by atoms with Crippen molar-refractivity contribution in [1.29, 1.82) is 0 Å². The molecule has 0 unspecified atom stereocenters. The van der Waals surface area contributed by atoms with Crippen LogP contribution in [-0.4, -0.2) is 19.9 Å². The number of benzene rings is 2. The zero-order valence-electron chi connectivity index (χ0n) is 13.4. The lowest BCUT2D eigenvalue weighted by atomic mass is 10.1. The second-order valence-corrected chi connectivity index (χ2v) is 5.64. The van der Waals surface area contributed by atoms with E-state index >= 15 is 0 Å². The lowest BCUT2D eigenvalue weighted by Crippen LogP contribution is -2.09. The van der Waals surface area contributed by atoms with Crippen molar-refractivity contribution in [3.05, 3.63) is 87.3 Å². The zero-order chi connectivity index (χ0) is 18.1. The summed E-state index contributed by atoms with van der Waals surface area (Å²) in [6.45, 7) is 0. The molecule has 2 aromatic carbocycles. The Labute approximate surface area is 147 Å². The Hall–Kier alpha value is -3.87. The molecular formula is C19H12N4O3. The number of H-pyrrole nitrogens is 1. The molecule has 0 saturated heterocycles. The van der Waals surface area contributed by atoms with E-state index in [0.717, 1.165) is 0 Å². The smallest absolute Gasteiger partial charge is 0.295 e. The van der Waals surface area contributed by atoms with Gasteiger partial charge in [0.2, 0.25) is 0 Å². The first-order valence-corrected chi connectivity index (χ1v) is 7.83. The van der Waals surface area contributed by atoms with E-state index < -0.39 is 4.92 Å². The van der Waals surface area contributed by atoms with Crippen molar-refractivity contribution in [3.63, 3.8) is 0 Å².